The van der Waals surface area contributed by atoms with Gasteiger partial charge >= 0.3 is 6.16 Å². The minimum atomic E-state index is -0.738. The summed E-state index contributed by atoms with van der Waals surface area (Å²) in [5, 5.41) is 3.18. The highest BCUT2D eigenvalue weighted by Gasteiger charge is 2.05. The number of carbonyl (C=O) groups excluding carboxylic acids is 1. The van der Waals surface area contributed by atoms with Crippen LogP contribution in [0.15, 0.2) is 30.3 Å². The largest absolute Gasteiger partial charge is 0.513 e. The van der Waals surface area contributed by atoms with Gasteiger partial charge in [-0.05, 0) is 30.8 Å². The maximum Gasteiger partial charge on any atom is 0.513 e. The molecule has 1 N–H and O–H groups in total. The minimum absolute atomic E-state index is 0.157. The summed E-state index contributed by atoms with van der Waals surface area (Å²) < 4.78 is 15.2. The lowest BCUT2D eigenvalue weighted by Gasteiger charge is -2.10. The zero-order chi connectivity index (χ0) is 15.3. The first kappa shape index (κ1) is 17.2. The predicted octanol–water partition coefficient (Wildman–Crippen LogP) is 3.28. The van der Waals surface area contributed by atoms with E-state index in [9.17, 15) is 4.79 Å². The van der Waals surface area contributed by atoms with E-state index in [2.05, 4.69) is 12.2 Å². The Labute approximate surface area is 130 Å². The first-order valence-corrected chi connectivity index (χ1v) is 7.43. The number of hydrogen-bond donors (Lipinski definition) is 1. The molecule has 0 spiro atoms. The number of carbonyl (C=O) groups is 1. The summed E-state index contributed by atoms with van der Waals surface area (Å²) >= 11 is 4.98. The molecule has 1 aromatic carbocycles. The average molecular weight is 311 g/mol. The van der Waals surface area contributed by atoms with Gasteiger partial charge in [0.15, 0.2) is 0 Å². The normalized spacial score (nSPS) is 9.76. The Morgan fingerprint density at radius 3 is 2.62 bits per heavy atom. The van der Waals surface area contributed by atoms with Crippen LogP contribution < -0.4 is 10.1 Å². The molecule has 0 aliphatic rings. The first-order valence-electron chi connectivity index (χ1n) is 7.02. The number of nitrogens with one attached hydrogen (secondary N) is 1. The van der Waals surface area contributed by atoms with E-state index in [1.807, 2.05) is 6.07 Å². The summed E-state index contributed by atoms with van der Waals surface area (Å²) in [7, 11) is 0. The first-order chi connectivity index (χ1) is 10.2. The number of rotatable bonds is 8. The van der Waals surface area contributed by atoms with Crippen molar-refractivity contribution in [2.75, 3.05) is 19.8 Å². The average Bonchev–Trinajstić information content (AvgIpc) is 2.49. The molecule has 1 rings (SSSR count). The lowest BCUT2D eigenvalue weighted by atomic mass is 10.3. The van der Waals surface area contributed by atoms with E-state index >= 15 is 0 Å². The molecule has 0 heterocycles. The number of ether oxygens (including phenoxy) is 3. The van der Waals surface area contributed by atoms with E-state index < -0.39 is 6.16 Å². The van der Waals surface area contributed by atoms with Crippen molar-refractivity contribution in [1.29, 1.82) is 0 Å². The Kier molecular flexibility index (Phi) is 8.95. The van der Waals surface area contributed by atoms with Crippen molar-refractivity contribution in [2.24, 2.45) is 0 Å². The second-order valence-electron chi connectivity index (χ2n) is 4.28. The van der Waals surface area contributed by atoms with Gasteiger partial charge in [0.2, 0.25) is 0 Å². The molecule has 0 saturated carbocycles. The highest BCUT2D eigenvalue weighted by atomic mass is 32.1. The SMILES string of the molecule is CCCCCOC(=S)NCCOC(=O)Oc1ccccc1. The standard InChI is InChI=1S/C15H21NO4S/c1-2-3-7-11-18-14(21)16-10-12-19-15(17)20-13-8-5-4-6-9-13/h4-6,8-9H,2-3,7,10-12H2,1H3,(H,16,21). The molecule has 0 amide bonds. The van der Waals surface area contributed by atoms with Crippen LogP contribution in [0.5, 0.6) is 5.75 Å². The summed E-state index contributed by atoms with van der Waals surface area (Å²) in [6.07, 6.45) is 2.51. The second kappa shape index (κ2) is 10.9. The molecular formula is C15H21NO4S. The van der Waals surface area contributed by atoms with Crippen LogP contribution in [0.1, 0.15) is 26.2 Å². The van der Waals surface area contributed by atoms with Gasteiger partial charge in [0.05, 0.1) is 13.2 Å². The zero-order valence-corrected chi connectivity index (χ0v) is 13.0. The highest BCUT2D eigenvalue weighted by Crippen LogP contribution is 2.08. The van der Waals surface area contributed by atoms with Gasteiger partial charge in [0.25, 0.3) is 5.17 Å². The lowest BCUT2D eigenvalue weighted by molar-refractivity contribution is 0.100. The van der Waals surface area contributed by atoms with Gasteiger partial charge in [-0.2, -0.15) is 0 Å². The molecule has 0 aliphatic heterocycles. The third-order valence-corrected chi connectivity index (χ3v) is 2.78. The van der Waals surface area contributed by atoms with Crippen LogP contribution in [0.25, 0.3) is 0 Å². The van der Waals surface area contributed by atoms with E-state index in [0.717, 1.165) is 19.3 Å². The fraction of sp³-hybridized carbons (Fsp3) is 0.467. The number of hydrogen-bond acceptors (Lipinski definition) is 5. The van der Waals surface area contributed by atoms with Crippen molar-refractivity contribution in [3.05, 3.63) is 30.3 Å². The minimum Gasteiger partial charge on any atom is -0.471 e. The van der Waals surface area contributed by atoms with Crippen molar-refractivity contribution < 1.29 is 19.0 Å². The van der Waals surface area contributed by atoms with Gasteiger partial charge in [0.1, 0.15) is 12.4 Å². The molecule has 21 heavy (non-hydrogen) atoms. The van der Waals surface area contributed by atoms with Crippen LogP contribution >= 0.6 is 12.2 Å². The molecule has 0 aromatic heterocycles. The Bertz CT molecular complexity index is 425. The number of benzene rings is 1. The molecule has 116 valence electrons. The summed E-state index contributed by atoms with van der Waals surface area (Å²) in [5.74, 6) is 0.449. The number of unbranched alkanes of at least 4 members (excludes halogenated alkanes) is 2. The molecule has 6 heteroatoms. The van der Waals surface area contributed by atoms with Gasteiger partial charge in [0, 0.05) is 0 Å². The van der Waals surface area contributed by atoms with E-state index in [1.165, 1.54) is 0 Å². The van der Waals surface area contributed by atoms with Crippen LogP contribution in [0.3, 0.4) is 0 Å². The maximum atomic E-state index is 11.4. The van der Waals surface area contributed by atoms with Gasteiger partial charge in [-0.15, -0.1) is 0 Å². The predicted molar refractivity (Wildman–Crippen MR) is 84.5 cm³/mol. The van der Waals surface area contributed by atoms with Gasteiger partial charge in [-0.1, -0.05) is 38.0 Å². The summed E-state index contributed by atoms with van der Waals surface area (Å²) in [5.41, 5.74) is 0. The molecule has 0 atom stereocenters. The summed E-state index contributed by atoms with van der Waals surface area (Å²) in [4.78, 5) is 11.4. The molecular weight excluding hydrogens is 290 g/mol. The lowest BCUT2D eigenvalue weighted by Crippen LogP contribution is -2.29. The molecule has 1 aromatic rings. The Morgan fingerprint density at radius 1 is 1.14 bits per heavy atom. The molecule has 0 bridgehead atoms. The number of thiocarbonyl (C=S) groups is 1. The smallest absolute Gasteiger partial charge is 0.471 e. The highest BCUT2D eigenvalue weighted by molar-refractivity contribution is 7.80. The van der Waals surface area contributed by atoms with Crippen LogP contribution in [0.4, 0.5) is 4.79 Å². The van der Waals surface area contributed by atoms with E-state index in [-0.39, 0.29) is 6.61 Å². The van der Waals surface area contributed by atoms with Crippen molar-refractivity contribution in [3.63, 3.8) is 0 Å². The monoisotopic (exact) mass is 311 g/mol. The van der Waals surface area contributed by atoms with Crippen LogP contribution in [0, 0.1) is 0 Å². The van der Waals surface area contributed by atoms with E-state index in [4.69, 9.17) is 26.4 Å². The third kappa shape index (κ3) is 8.86. The van der Waals surface area contributed by atoms with Crippen molar-refractivity contribution in [3.8, 4) is 5.75 Å². The van der Waals surface area contributed by atoms with Gasteiger partial charge in [-0.3, -0.25) is 0 Å². The van der Waals surface area contributed by atoms with Gasteiger partial charge in [-0.25, -0.2) is 4.79 Å². The Balaban J connectivity index is 2.03. The van der Waals surface area contributed by atoms with Crippen LogP contribution in [-0.4, -0.2) is 31.1 Å². The molecule has 0 fully saturated rings. The summed E-state index contributed by atoms with van der Waals surface area (Å²) in [6, 6.07) is 8.75. The van der Waals surface area contributed by atoms with E-state index in [1.54, 1.807) is 24.3 Å². The molecule has 5 nitrogen and oxygen atoms in total. The zero-order valence-electron chi connectivity index (χ0n) is 12.2. The molecule has 0 saturated heterocycles. The topological polar surface area (TPSA) is 56.8 Å². The Hall–Kier alpha value is -1.82. The maximum absolute atomic E-state index is 11.4. The van der Waals surface area contributed by atoms with Gasteiger partial charge < -0.3 is 19.5 Å². The van der Waals surface area contributed by atoms with Crippen LogP contribution in [-0.2, 0) is 9.47 Å². The van der Waals surface area contributed by atoms with Crippen molar-refractivity contribution in [1.82, 2.24) is 5.32 Å². The third-order valence-electron chi connectivity index (χ3n) is 2.52. The molecule has 0 radical (unpaired) electrons. The quantitative estimate of drug-likeness (QED) is 0.344. The van der Waals surface area contributed by atoms with Crippen molar-refractivity contribution >= 4 is 23.5 Å². The fourth-order valence-corrected chi connectivity index (χ4v) is 1.66. The van der Waals surface area contributed by atoms with Crippen molar-refractivity contribution in [2.45, 2.75) is 26.2 Å². The molecule has 0 aliphatic carbocycles. The second-order valence-corrected chi connectivity index (χ2v) is 4.65. The summed E-state index contributed by atoms with van der Waals surface area (Å²) in [6.45, 7) is 3.28. The van der Waals surface area contributed by atoms with Crippen LogP contribution in [0.2, 0.25) is 0 Å². The Morgan fingerprint density at radius 2 is 1.90 bits per heavy atom. The molecule has 0 unspecified atom stereocenters. The fourth-order valence-electron chi connectivity index (χ4n) is 1.47. The van der Waals surface area contributed by atoms with E-state index in [0.29, 0.717) is 24.1 Å². The number of para-hydroxylation sites is 1.